The summed E-state index contributed by atoms with van der Waals surface area (Å²) in [7, 11) is -3.38. The SMILES string of the molecule is Cc1ccc(S(=O)(=O)NC2CCC2)cc1CN. The summed E-state index contributed by atoms with van der Waals surface area (Å²) in [6.45, 7) is 2.29. The van der Waals surface area contributed by atoms with E-state index in [0.717, 1.165) is 30.4 Å². The standard InChI is InChI=1S/C12H18N2O2S/c1-9-5-6-12(7-10(9)8-13)17(15,16)14-11-3-2-4-11/h5-7,11,14H,2-4,8,13H2,1H3. The first-order valence-electron chi connectivity index (χ1n) is 5.85. The van der Waals surface area contributed by atoms with Crippen molar-refractivity contribution in [1.82, 2.24) is 4.72 Å². The lowest BCUT2D eigenvalue weighted by Gasteiger charge is -2.26. The molecule has 0 unspecified atom stereocenters. The van der Waals surface area contributed by atoms with Crippen molar-refractivity contribution in [1.29, 1.82) is 0 Å². The van der Waals surface area contributed by atoms with Gasteiger partial charge >= 0.3 is 0 Å². The van der Waals surface area contributed by atoms with Crippen LogP contribution in [0.2, 0.25) is 0 Å². The number of nitrogens with one attached hydrogen (secondary N) is 1. The molecule has 1 aromatic rings. The van der Waals surface area contributed by atoms with Crippen molar-refractivity contribution in [2.75, 3.05) is 0 Å². The first kappa shape index (κ1) is 12.5. The molecule has 1 aliphatic carbocycles. The number of hydrogen-bond acceptors (Lipinski definition) is 3. The van der Waals surface area contributed by atoms with Crippen LogP contribution in [0.1, 0.15) is 30.4 Å². The van der Waals surface area contributed by atoms with Gasteiger partial charge in [0.15, 0.2) is 0 Å². The van der Waals surface area contributed by atoms with Crippen LogP contribution in [0.5, 0.6) is 0 Å². The summed E-state index contributed by atoms with van der Waals surface area (Å²) < 4.78 is 26.8. The van der Waals surface area contributed by atoms with E-state index >= 15 is 0 Å². The molecule has 0 aliphatic heterocycles. The van der Waals surface area contributed by atoms with E-state index in [-0.39, 0.29) is 6.04 Å². The van der Waals surface area contributed by atoms with E-state index in [2.05, 4.69) is 4.72 Å². The van der Waals surface area contributed by atoms with Crippen molar-refractivity contribution in [3.63, 3.8) is 0 Å². The highest BCUT2D eigenvalue weighted by atomic mass is 32.2. The van der Waals surface area contributed by atoms with Crippen molar-refractivity contribution < 1.29 is 8.42 Å². The van der Waals surface area contributed by atoms with Gasteiger partial charge in [0.2, 0.25) is 10.0 Å². The van der Waals surface area contributed by atoms with Gasteiger partial charge in [-0.2, -0.15) is 0 Å². The zero-order valence-corrected chi connectivity index (χ0v) is 10.8. The zero-order chi connectivity index (χ0) is 12.5. The van der Waals surface area contributed by atoms with Crippen LogP contribution in [0.3, 0.4) is 0 Å². The minimum atomic E-state index is -3.38. The van der Waals surface area contributed by atoms with Gasteiger partial charge in [0.25, 0.3) is 0 Å². The van der Waals surface area contributed by atoms with Crippen LogP contribution in [-0.2, 0) is 16.6 Å². The molecule has 5 heteroatoms. The molecule has 0 spiro atoms. The summed E-state index contributed by atoms with van der Waals surface area (Å²) >= 11 is 0. The molecule has 1 fully saturated rings. The van der Waals surface area contributed by atoms with Gasteiger partial charge in [-0.05, 0) is 43.0 Å². The van der Waals surface area contributed by atoms with E-state index in [1.165, 1.54) is 0 Å². The predicted molar refractivity (Wildman–Crippen MR) is 67.0 cm³/mol. The first-order chi connectivity index (χ1) is 8.03. The lowest BCUT2D eigenvalue weighted by atomic mass is 9.94. The molecule has 0 radical (unpaired) electrons. The van der Waals surface area contributed by atoms with Crippen LogP contribution in [0.15, 0.2) is 23.1 Å². The van der Waals surface area contributed by atoms with E-state index in [1.807, 2.05) is 6.92 Å². The van der Waals surface area contributed by atoms with Gasteiger partial charge in [0.05, 0.1) is 4.90 Å². The highest BCUT2D eigenvalue weighted by Gasteiger charge is 2.24. The number of rotatable bonds is 4. The van der Waals surface area contributed by atoms with Crippen molar-refractivity contribution in [3.8, 4) is 0 Å². The van der Waals surface area contributed by atoms with Gasteiger partial charge in [0.1, 0.15) is 0 Å². The molecule has 0 heterocycles. The fraction of sp³-hybridized carbons (Fsp3) is 0.500. The molecular formula is C12H18N2O2S. The molecule has 1 aliphatic rings. The van der Waals surface area contributed by atoms with E-state index < -0.39 is 10.0 Å². The van der Waals surface area contributed by atoms with Crippen LogP contribution in [-0.4, -0.2) is 14.5 Å². The molecule has 4 nitrogen and oxygen atoms in total. The summed E-state index contributed by atoms with van der Waals surface area (Å²) in [5.41, 5.74) is 7.49. The average Bonchev–Trinajstić information content (AvgIpc) is 2.24. The predicted octanol–water partition coefficient (Wildman–Crippen LogP) is 1.28. The third-order valence-corrected chi connectivity index (χ3v) is 4.80. The normalized spacial score (nSPS) is 16.8. The molecule has 1 saturated carbocycles. The summed E-state index contributed by atoms with van der Waals surface area (Å²) in [6.07, 6.45) is 2.98. The van der Waals surface area contributed by atoms with Crippen molar-refractivity contribution >= 4 is 10.0 Å². The van der Waals surface area contributed by atoms with Crippen LogP contribution >= 0.6 is 0 Å². The summed E-state index contributed by atoms with van der Waals surface area (Å²) in [6, 6.07) is 5.21. The Morgan fingerprint density at radius 3 is 2.65 bits per heavy atom. The lowest BCUT2D eigenvalue weighted by Crippen LogP contribution is -2.39. The maximum absolute atomic E-state index is 12.1. The first-order valence-corrected chi connectivity index (χ1v) is 7.33. The van der Waals surface area contributed by atoms with Crippen LogP contribution < -0.4 is 10.5 Å². The van der Waals surface area contributed by atoms with Gasteiger partial charge < -0.3 is 5.73 Å². The van der Waals surface area contributed by atoms with Crippen LogP contribution in [0.25, 0.3) is 0 Å². The Morgan fingerprint density at radius 2 is 2.12 bits per heavy atom. The van der Waals surface area contributed by atoms with Gasteiger partial charge in [0, 0.05) is 12.6 Å². The maximum atomic E-state index is 12.1. The summed E-state index contributed by atoms with van der Waals surface area (Å²) in [4.78, 5) is 0.315. The Kier molecular flexibility index (Phi) is 3.51. The van der Waals surface area contributed by atoms with E-state index in [1.54, 1.807) is 18.2 Å². The van der Waals surface area contributed by atoms with Crippen LogP contribution in [0.4, 0.5) is 0 Å². The average molecular weight is 254 g/mol. The third-order valence-electron chi connectivity index (χ3n) is 3.28. The molecule has 3 N–H and O–H groups in total. The third kappa shape index (κ3) is 2.68. The number of sulfonamides is 1. The monoisotopic (exact) mass is 254 g/mol. The Morgan fingerprint density at radius 1 is 1.41 bits per heavy atom. The molecule has 1 aromatic carbocycles. The molecule has 0 bridgehead atoms. The lowest BCUT2D eigenvalue weighted by molar-refractivity contribution is 0.383. The van der Waals surface area contributed by atoms with Crippen molar-refractivity contribution in [2.45, 2.75) is 43.7 Å². The van der Waals surface area contributed by atoms with Crippen molar-refractivity contribution in [2.24, 2.45) is 5.73 Å². The fourth-order valence-corrected chi connectivity index (χ4v) is 3.20. The van der Waals surface area contributed by atoms with Gasteiger partial charge in [-0.3, -0.25) is 0 Å². The second-order valence-electron chi connectivity index (χ2n) is 4.54. The molecule has 0 aromatic heterocycles. The maximum Gasteiger partial charge on any atom is 0.240 e. The summed E-state index contributed by atoms with van der Waals surface area (Å²) in [5, 5.41) is 0. The molecule has 17 heavy (non-hydrogen) atoms. The van der Waals surface area contributed by atoms with E-state index in [0.29, 0.717) is 11.4 Å². The van der Waals surface area contributed by atoms with Crippen LogP contribution in [0, 0.1) is 6.92 Å². The number of hydrogen-bond donors (Lipinski definition) is 2. The Bertz CT molecular complexity index is 507. The highest BCUT2D eigenvalue weighted by molar-refractivity contribution is 7.89. The minimum Gasteiger partial charge on any atom is -0.326 e. The topological polar surface area (TPSA) is 72.2 Å². The molecule has 0 saturated heterocycles. The molecule has 94 valence electrons. The second kappa shape index (κ2) is 4.76. The van der Waals surface area contributed by atoms with Gasteiger partial charge in [-0.15, -0.1) is 0 Å². The Labute approximate surface area is 102 Å². The Balaban J connectivity index is 2.25. The quantitative estimate of drug-likeness (QED) is 0.850. The van der Waals surface area contributed by atoms with E-state index in [4.69, 9.17) is 5.73 Å². The van der Waals surface area contributed by atoms with E-state index in [9.17, 15) is 8.42 Å². The smallest absolute Gasteiger partial charge is 0.240 e. The Hall–Kier alpha value is -0.910. The minimum absolute atomic E-state index is 0.114. The molecule has 0 amide bonds. The largest absolute Gasteiger partial charge is 0.326 e. The fourth-order valence-electron chi connectivity index (χ4n) is 1.85. The number of benzene rings is 1. The highest BCUT2D eigenvalue weighted by Crippen LogP contribution is 2.22. The summed E-state index contributed by atoms with van der Waals surface area (Å²) in [5.74, 6) is 0. The van der Waals surface area contributed by atoms with Gasteiger partial charge in [-0.1, -0.05) is 12.5 Å². The second-order valence-corrected chi connectivity index (χ2v) is 6.26. The molecular weight excluding hydrogens is 236 g/mol. The molecule has 0 atom stereocenters. The zero-order valence-electron chi connectivity index (χ0n) is 9.94. The van der Waals surface area contributed by atoms with Gasteiger partial charge in [-0.25, -0.2) is 13.1 Å². The number of nitrogens with two attached hydrogens (primary N) is 1. The molecule has 2 rings (SSSR count). The van der Waals surface area contributed by atoms with Crippen molar-refractivity contribution in [3.05, 3.63) is 29.3 Å². The number of aryl methyl sites for hydroxylation is 1.